The first-order valence-electron chi connectivity index (χ1n) is 6.75. The van der Waals surface area contributed by atoms with Crippen molar-refractivity contribution < 1.29 is 0 Å². The van der Waals surface area contributed by atoms with E-state index in [0.29, 0.717) is 16.1 Å². The predicted octanol–water partition coefficient (Wildman–Crippen LogP) is 4.32. The summed E-state index contributed by atoms with van der Waals surface area (Å²) in [6, 6.07) is 3.97. The lowest BCUT2D eigenvalue weighted by Crippen LogP contribution is -2.32. The summed E-state index contributed by atoms with van der Waals surface area (Å²) in [6.07, 6.45) is 3.62. The Bertz CT molecular complexity index is 555. The van der Waals surface area contributed by atoms with Gasteiger partial charge in [0.05, 0.1) is 27.1 Å². The second kappa shape index (κ2) is 5.31. The first-order chi connectivity index (χ1) is 9.17. The highest BCUT2D eigenvalue weighted by Crippen LogP contribution is 2.31. The Hall–Kier alpha value is -0.770. The highest BCUT2D eigenvalue weighted by Gasteiger charge is 2.24. The van der Waals surface area contributed by atoms with Gasteiger partial charge in [-0.25, -0.2) is 4.98 Å². The highest BCUT2D eigenvalue weighted by atomic mass is 35.5. The van der Waals surface area contributed by atoms with Crippen molar-refractivity contribution in [1.82, 2.24) is 15.3 Å². The molecule has 2 N–H and O–H groups in total. The van der Waals surface area contributed by atoms with Gasteiger partial charge in [-0.05, 0) is 37.4 Å². The van der Waals surface area contributed by atoms with Crippen LogP contribution >= 0.6 is 23.2 Å². The fourth-order valence-corrected chi connectivity index (χ4v) is 3.09. The molecule has 1 fully saturated rings. The zero-order chi connectivity index (χ0) is 13.4. The molecule has 1 aromatic carbocycles. The lowest BCUT2D eigenvalue weighted by atomic mass is 9.90. The molecule has 1 aliphatic rings. The largest absolute Gasteiger partial charge is 0.341 e. The Kier molecular flexibility index (Phi) is 3.70. The maximum atomic E-state index is 6.03. The third kappa shape index (κ3) is 2.60. The van der Waals surface area contributed by atoms with Crippen LogP contribution in [-0.2, 0) is 0 Å². The molecule has 0 saturated carbocycles. The van der Waals surface area contributed by atoms with Gasteiger partial charge in [0, 0.05) is 0 Å². The Morgan fingerprint density at radius 1 is 1.32 bits per heavy atom. The maximum absolute atomic E-state index is 6.03. The van der Waals surface area contributed by atoms with Crippen LogP contribution < -0.4 is 5.32 Å². The number of H-pyrrole nitrogens is 1. The van der Waals surface area contributed by atoms with Crippen LogP contribution in [0.2, 0.25) is 10.0 Å². The van der Waals surface area contributed by atoms with Crippen molar-refractivity contribution in [2.24, 2.45) is 5.92 Å². The van der Waals surface area contributed by atoms with E-state index in [2.05, 4.69) is 22.2 Å². The summed E-state index contributed by atoms with van der Waals surface area (Å²) in [6.45, 7) is 3.31. The van der Waals surface area contributed by atoms with Gasteiger partial charge in [-0.3, -0.25) is 0 Å². The van der Waals surface area contributed by atoms with Crippen molar-refractivity contribution in [3.8, 4) is 0 Å². The molecular weight excluding hydrogens is 281 g/mol. The van der Waals surface area contributed by atoms with Gasteiger partial charge < -0.3 is 10.3 Å². The number of rotatable bonds is 2. The van der Waals surface area contributed by atoms with E-state index in [4.69, 9.17) is 23.2 Å². The minimum atomic E-state index is 0.309. The van der Waals surface area contributed by atoms with Crippen LogP contribution in [0.3, 0.4) is 0 Å². The summed E-state index contributed by atoms with van der Waals surface area (Å²) in [5, 5.41) is 4.64. The van der Waals surface area contributed by atoms with E-state index < -0.39 is 0 Å². The number of nitrogens with zero attached hydrogens (tertiary/aromatic N) is 1. The first-order valence-corrected chi connectivity index (χ1v) is 7.51. The van der Waals surface area contributed by atoms with E-state index >= 15 is 0 Å². The molecule has 1 saturated heterocycles. The molecule has 1 aliphatic heterocycles. The lowest BCUT2D eigenvalue weighted by molar-refractivity contribution is 0.292. The van der Waals surface area contributed by atoms with Crippen LogP contribution in [0.15, 0.2) is 12.1 Å². The van der Waals surface area contributed by atoms with Crippen LogP contribution in [0, 0.1) is 5.92 Å². The minimum absolute atomic E-state index is 0.309. The standard InChI is InChI=1S/C14H17Cl2N3/c1-2-8-3-4-17-13(5-8)14-18-11-6-9(15)10(16)7-12(11)19-14/h6-8,13,17H,2-5H2,1H3,(H,18,19). The molecular formula is C14H17Cl2N3. The van der Waals surface area contributed by atoms with Gasteiger partial charge >= 0.3 is 0 Å². The second-order valence-corrected chi connectivity index (χ2v) is 6.03. The van der Waals surface area contributed by atoms with Gasteiger partial charge in [0.1, 0.15) is 5.82 Å². The molecule has 2 unspecified atom stereocenters. The third-order valence-corrected chi connectivity index (χ3v) is 4.68. The Morgan fingerprint density at radius 2 is 2.11 bits per heavy atom. The minimum Gasteiger partial charge on any atom is -0.341 e. The Balaban J connectivity index is 1.92. The van der Waals surface area contributed by atoms with Gasteiger partial charge in [0.25, 0.3) is 0 Å². The van der Waals surface area contributed by atoms with Gasteiger partial charge in [0.15, 0.2) is 0 Å². The molecule has 5 heteroatoms. The summed E-state index contributed by atoms with van der Waals surface area (Å²) < 4.78 is 0. The molecule has 102 valence electrons. The van der Waals surface area contributed by atoms with E-state index in [0.717, 1.165) is 35.7 Å². The number of imidazole rings is 1. The topological polar surface area (TPSA) is 40.7 Å². The molecule has 0 radical (unpaired) electrons. The number of aromatic amines is 1. The number of benzene rings is 1. The summed E-state index contributed by atoms with van der Waals surface area (Å²) in [4.78, 5) is 8.01. The van der Waals surface area contributed by atoms with Crippen molar-refractivity contribution in [2.45, 2.75) is 32.2 Å². The number of aromatic nitrogens is 2. The van der Waals surface area contributed by atoms with Crippen LogP contribution in [0.1, 0.15) is 38.1 Å². The van der Waals surface area contributed by atoms with Crippen molar-refractivity contribution >= 4 is 34.2 Å². The maximum Gasteiger partial charge on any atom is 0.124 e. The molecule has 19 heavy (non-hydrogen) atoms. The Morgan fingerprint density at radius 3 is 2.89 bits per heavy atom. The normalized spacial score (nSPS) is 23.9. The fourth-order valence-electron chi connectivity index (χ4n) is 2.76. The van der Waals surface area contributed by atoms with Crippen molar-refractivity contribution in [3.63, 3.8) is 0 Å². The monoisotopic (exact) mass is 297 g/mol. The molecule has 0 aliphatic carbocycles. The molecule has 0 spiro atoms. The van der Waals surface area contributed by atoms with Crippen LogP contribution in [0.25, 0.3) is 11.0 Å². The average Bonchev–Trinajstić information content (AvgIpc) is 2.82. The molecule has 0 amide bonds. The number of hydrogen-bond donors (Lipinski definition) is 2. The van der Waals surface area contributed by atoms with Crippen LogP contribution in [0.4, 0.5) is 0 Å². The number of halogens is 2. The number of piperidine rings is 1. The van der Waals surface area contributed by atoms with Gasteiger partial charge in [-0.1, -0.05) is 36.5 Å². The number of hydrogen-bond acceptors (Lipinski definition) is 2. The van der Waals surface area contributed by atoms with E-state index in [1.165, 1.54) is 12.8 Å². The average molecular weight is 298 g/mol. The van der Waals surface area contributed by atoms with Crippen molar-refractivity contribution in [2.75, 3.05) is 6.54 Å². The molecule has 2 heterocycles. The molecule has 2 atom stereocenters. The summed E-state index contributed by atoms with van der Waals surface area (Å²) >= 11 is 12.1. The first kappa shape index (κ1) is 13.2. The van der Waals surface area contributed by atoms with Crippen molar-refractivity contribution in [3.05, 3.63) is 28.0 Å². The Labute approximate surface area is 122 Å². The lowest BCUT2D eigenvalue weighted by Gasteiger charge is -2.28. The SMILES string of the molecule is CCC1CCNC(c2nc3cc(Cl)c(Cl)cc3[nH]2)C1. The summed E-state index contributed by atoms with van der Waals surface area (Å²) in [5.74, 6) is 1.78. The quantitative estimate of drug-likeness (QED) is 0.867. The van der Waals surface area contributed by atoms with E-state index in [1.54, 1.807) is 0 Å². The van der Waals surface area contributed by atoms with Gasteiger partial charge in [0.2, 0.25) is 0 Å². The molecule has 3 nitrogen and oxygen atoms in total. The zero-order valence-electron chi connectivity index (χ0n) is 10.8. The van der Waals surface area contributed by atoms with Crippen LogP contribution in [0.5, 0.6) is 0 Å². The second-order valence-electron chi connectivity index (χ2n) is 5.21. The van der Waals surface area contributed by atoms with E-state index in [-0.39, 0.29) is 0 Å². The van der Waals surface area contributed by atoms with E-state index in [9.17, 15) is 0 Å². The number of fused-ring (bicyclic) bond motifs is 1. The van der Waals surface area contributed by atoms with E-state index in [1.807, 2.05) is 12.1 Å². The third-order valence-electron chi connectivity index (χ3n) is 3.96. The highest BCUT2D eigenvalue weighted by molar-refractivity contribution is 6.42. The molecule has 3 rings (SSSR count). The fraction of sp³-hybridized carbons (Fsp3) is 0.500. The van der Waals surface area contributed by atoms with Crippen molar-refractivity contribution in [1.29, 1.82) is 0 Å². The summed E-state index contributed by atoms with van der Waals surface area (Å²) in [7, 11) is 0. The number of nitrogens with one attached hydrogen (secondary N) is 2. The van der Waals surface area contributed by atoms with Crippen LogP contribution in [-0.4, -0.2) is 16.5 Å². The molecule has 1 aromatic heterocycles. The zero-order valence-corrected chi connectivity index (χ0v) is 12.4. The molecule has 0 bridgehead atoms. The predicted molar refractivity (Wildman–Crippen MR) is 79.9 cm³/mol. The molecule has 2 aromatic rings. The van der Waals surface area contributed by atoms with Gasteiger partial charge in [-0.2, -0.15) is 0 Å². The van der Waals surface area contributed by atoms with Gasteiger partial charge in [-0.15, -0.1) is 0 Å². The smallest absolute Gasteiger partial charge is 0.124 e. The summed E-state index contributed by atoms with van der Waals surface area (Å²) in [5.41, 5.74) is 1.83.